The SMILES string of the molecule is CC#CC(=O)N1CC[C@H](C(=O)N(C)[C@H](C(=O)N[C@H]2Cc3cccc(c3)-c3ccc4c(c3)c(c(-c3cccnc3[C@H](C)OC)n4C)CC(C)(C)COC(=O)[C@@H]3CCCN(N3)C2=O)C(C)C)C1. The number of benzene rings is 2. The van der Waals surface area contributed by atoms with Crippen LogP contribution in [-0.4, -0.2) is 112 Å². The predicted octanol–water partition coefficient (Wildman–Crippen LogP) is 5.62. The highest BCUT2D eigenvalue weighted by molar-refractivity contribution is 5.97. The molecule has 0 radical (unpaired) electrons. The number of esters is 1. The molecule has 3 aliphatic rings. The van der Waals surface area contributed by atoms with Crippen molar-refractivity contribution in [3.63, 3.8) is 0 Å². The van der Waals surface area contributed by atoms with Crippen molar-refractivity contribution >= 4 is 40.5 Å². The van der Waals surface area contributed by atoms with Crippen LogP contribution in [0, 0.1) is 29.1 Å². The van der Waals surface area contributed by atoms with Gasteiger partial charge < -0.3 is 29.2 Å². The van der Waals surface area contributed by atoms with Crippen LogP contribution in [0.4, 0.5) is 0 Å². The van der Waals surface area contributed by atoms with Crippen molar-refractivity contribution in [2.45, 2.75) is 97.9 Å². The molecular formula is C51H63N7O7. The van der Waals surface area contributed by atoms with E-state index >= 15 is 0 Å². The highest BCUT2D eigenvalue weighted by atomic mass is 16.5. The van der Waals surface area contributed by atoms with E-state index in [0.717, 1.165) is 50.1 Å². The van der Waals surface area contributed by atoms with Gasteiger partial charge in [0, 0.05) is 75.3 Å². The molecule has 14 heteroatoms. The molecule has 4 amide bonds. The Labute approximate surface area is 382 Å². The van der Waals surface area contributed by atoms with E-state index in [1.807, 2.05) is 45.0 Å². The Bertz CT molecular complexity index is 2540. The second kappa shape index (κ2) is 19.6. The third-order valence-electron chi connectivity index (χ3n) is 13.2. The van der Waals surface area contributed by atoms with Gasteiger partial charge in [-0.25, -0.2) is 5.43 Å². The number of likely N-dealkylation sites (N-methyl/N-ethyl adjacent to an activating group) is 1. The standard InChI is InChI=1S/C51H63N7O7/c1-10-14-43(59)57-24-21-36(29-57)48(61)56(8)45(31(2)3)47(60)53-41-26-33-15-11-16-34(25-33)35-19-20-42-38(27-35)39(46(55(42)7)37-17-12-22-52-44(37)32(4)64-9)28-51(5,6)30-65-50(63)40-18-13-23-58(54-40)49(41)62/h11-12,15-17,19-20,22,25,27,31-32,36,40-41,45,54H,13,18,21,23-24,26,28-30H2,1-9H3,(H,53,60)/t32-,36-,40-,41-,45-/m0/s1. The second-order valence-corrected chi connectivity index (χ2v) is 18.9. The molecule has 14 nitrogen and oxygen atoms in total. The van der Waals surface area contributed by atoms with Crippen molar-refractivity contribution < 1.29 is 33.4 Å². The molecule has 2 N–H and O–H groups in total. The molecule has 344 valence electrons. The van der Waals surface area contributed by atoms with Gasteiger partial charge in [-0.2, -0.15) is 0 Å². The van der Waals surface area contributed by atoms with Gasteiger partial charge in [-0.3, -0.25) is 34.0 Å². The van der Waals surface area contributed by atoms with Gasteiger partial charge in [-0.1, -0.05) is 63.9 Å². The average molecular weight is 886 g/mol. The Balaban J connectivity index is 1.27. The zero-order valence-electron chi connectivity index (χ0n) is 39.2. The number of nitrogens with one attached hydrogen (secondary N) is 2. The number of rotatable bonds is 8. The molecule has 0 unspecified atom stereocenters. The number of hydrazine groups is 1. The Kier molecular flexibility index (Phi) is 14.2. The Hall–Kier alpha value is -6.04. The molecule has 2 aromatic carbocycles. The Morgan fingerprint density at radius 1 is 1.03 bits per heavy atom. The molecule has 6 bridgehead atoms. The lowest BCUT2D eigenvalue weighted by molar-refractivity contribution is -0.155. The second-order valence-electron chi connectivity index (χ2n) is 18.9. The molecule has 0 saturated carbocycles. The minimum atomic E-state index is -1.05. The number of fused-ring (bicyclic) bond motifs is 6. The molecule has 65 heavy (non-hydrogen) atoms. The summed E-state index contributed by atoms with van der Waals surface area (Å²) in [4.78, 5) is 77.3. The van der Waals surface area contributed by atoms with Crippen molar-refractivity contribution in [1.82, 2.24) is 35.1 Å². The average Bonchev–Trinajstić information content (AvgIpc) is 3.89. The first-order chi connectivity index (χ1) is 31.0. The topological polar surface area (TPSA) is 155 Å². The van der Waals surface area contributed by atoms with Gasteiger partial charge in [0.25, 0.3) is 11.8 Å². The summed E-state index contributed by atoms with van der Waals surface area (Å²) in [7, 11) is 5.35. The summed E-state index contributed by atoms with van der Waals surface area (Å²) >= 11 is 0. The molecule has 5 atom stereocenters. The number of hydrogen-bond acceptors (Lipinski definition) is 9. The van der Waals surface area contributed by atoms with Crippen LogP contribution in [0.25, 0.3) is 33.3 Å². The summed E-state index contributed by atoms with van der Waals surface area (Å²) in [6.45, 7) is 12.6. The fourth-order valence-corrected chi connectivity index (χ4v) is 9.73. The number of pyridine rings is 1. The highest BCUT2D eigenvalue weighted by Crippen LogP contribution is 2.41. The number of methoxy groups -OCH3 is 1. The number of likely N-dealkylation sites (tertiary alicyclic amines) is 1. The molecular weight excluding hydrogens is 823 g/mol. The van der Waals surface area contributed by atoms with Crippen LogP contribution in [-0.2, 0) is 53.3 Å². The maximum absolute atomic E-state index is 14.7. The maximum atomic E-state index is 14.7. The monoisotopic (exact) mass is 885 g/mol. The zero-order chi connectivity index (χ0) is 46.7. The first kappa shape index (κ1) is 46.9. The van der Waals surface area contributed by atoms with Gasteiger partial charge in [-0.05, 0) is 97.9 Å². The van der Waals surface area contributed by atoms with Crippen LogP contribution in [0.3, 0.4) is 0 Å². The Morgan fingerprint density at radius 3 is 2.54 bits per heavy atom. The molecule has 5 heterocycles. The normalized spacial score (nSPS) is 20.9. The lowest BCUT2D eigenvalue weighted by Crippen LogP contribution is -2.62. The minimum absolute atomic E-state index is 0.132. The lowest BCUT2D eigenvalue weighted by Gasteiger charge is -2.37. The van der Waals surface area contributed by atoms with E-state index in [1.54, 1.807) is 32.2 Å². The number of aromatic nitrogens is 2. The number of cyclic esters (lactones) is 1. The quantitative estimate of drug-likeness (QED) is 0.170. The summed E-state index contributed by atoms with van der Waals surface area (Å²) < 4.78 is 14.1. The van der Waals surface area contributed by atoms with Gasteiger partial charge in [-0.15, -0.1) is 0 Å². The Morgan fingerprint density at radius 2 is 1.80 bits per heavy atom. The fraction of sp³-hybridized carbons (Fsp3) is 0.490. The van der Waals surface area contributed by atoms with Gasteiger partial charge in [0.2, 0.25) is 11.8 Å². The van der Waals surface area contributed by atoms with E-state index in [0.29, 0.717) is 38.8 Å². The molecule has 0 spiro atoms. The lowest BCUT2D eigenvalue weighted by atomic mass is 9.84. The zero-order valence-corrected chi connectivity index (χ0v) is 39.2. The van der Waals surface area contributed by atoms with Crippen LogP contribution < -0.4 is 10.7 Å². The van der Waals surface area contributed by atoms with Crippen molar-refractivity contribution in [2.75, 3.05) is 40.4 Å². The van der Waals surface area contributed by atoms with E-state index in [4.69, 9.17) is 14.5 Å². The number of carbonyl (C=O) groups excluding carboxylic acids is 5. The maximum Gasteiger partial charge on any atom is 0.324 e. The van der Waals surface area contributed by atoms with Gasteiger partial charge >= 0.3 is 5.97 Å². The van der Waals surface area contributed by atoms with E-state index in [9.17, 15) is 24.0 Å². The van der Waals surface area contributed by atoms with Crippen molar-refractivity contribution in [2.24, 2.45) is 24.3 Å². The molecule has 2 fully saturated rings. The summed E-state index contributed by atoms with van der Waals surface area (Å²) in [6.07, 6.45) is 3.73. The summed E-state index contributed by atoms with van der Waals surface area (Å²) in [5, 5.41) is 5.55. The molecule has 4 aromatic rings. The molecule has 2 aromatic heterocycles. The van der Waals surface area contributed by atoms with Crippen molar-refractivity contribution in [3.8, 4) is 34.2 Å². The first-order valence-corrected chi connectivity index (χ1v) is 22.7. The first-order valence-electron chi connectivity index (χ1n) is 22.7. The van der Waals surface area contributed by atoms with Crippen LogP contribution in [0.15, 0.2) is 60.8 Å². The number of carbonyl (C=O) groups is 5. The number of nitrogens with zero attached hydrogens (tertiary/aromatic N) is 5. The van der Waals surface area contributed by atoms with E-state index < -0.39 is 47.2 Å². The number of hydrogen-bond donors (Lipinski definition) is 2. The smallest absolute Gasteiger partial charge is 0.324 e. The third kappa shape index (κ3) is 9.96. The molecule has 3 aliphatic heterocycles. The van der Waals surface area contributed by atoms with E-state index in [2.05, 4.69) is 78.4 Å². The predicted molar refractivity (Wildman–Crippen MR) is 248 cm³/mol. The molecule has 7 rings (SSSR count). The van der Waals surface area contributed by atoms with Crippen molar-refractivity contribution in [1.29, 1.82) is 0 Å². The number of aryl methyl sites for hydroxylation is 1. The minimum Gasteiger partial charge on any atom is -0.464 e. The summed E-state index contributed by atoms with van der Waals surface area (Å²) in [6, 6.07) is 15.7. The van der Waals surface area contributed by atoms with Crippen LogP contribution in [0.5, 0.6) is 0 Å². The molecule has 0 aliphatic carbocycles. The largest absolute Gasteiger partial charge is 0.464 e. The number of ether oxygens (including phenoxy) is 2. The third-order valence-corrected chi connectivity index (χ3v) is 13.2. The van der Waals surface area contributed by atoms with Gasteiger partial charge in [0.05, 0.1) is 30.0 Å². The summed E-state index contributed by atoms with van der Waals surface area (Å²) in [5.74, 6) is 2.47. The number of amides is 4. The van der Waals surface area contributed by atoms with Crippen molar-refractivity contribution in [3.05, 3.63) is 77.6 Å². The van der Waals surface area contributed by atoms with Gasteiger partial charge in [0.15, 0.2) is 0 Å². The van der Waals surface area contributed by atoms with E-state index in [-0.39, 0.29) is 43.4 Å². The van der Waals surface area contributed by atoms with Gasteiger partial charge in [0.1, 0.15) is 18.1 Å². The fourth-order valence-electron chi connectivity index (χ4n) is 9.73. The van der Waals surface area contributed by atoms with Crippen LogP contribution >= 0.6 is 0 Å². The summed E-state index contributed by atoms with van der Waals surface area (Å²) in [5.41, 5.74) is 10.3. The van der Waals surface area contributed by atoms with Crippen LogP contribution in [0.1, 0.15) is 83.7 Å². The van der Waals surface area contributed by atoms with Crippen LogP contribution in [0.2, 0.25) is 0 Å². The molecule has 2 saturated heterocycles. The van der Waals surface area contributed by atoms with E-state index in [1.165, 1.54) is 9.91 Å². The highest BCUT2D eigenvalue weighted by Gasteiger charge is 2.40.